The van der Waals surface area contributed by atoms with Crippen LogP contribution < -0.4 is 5.73 Å². The van der Waals surface area contributed by atoms with Crippen molar-refractivity contribution < 1.29 is 8.42 Å². The van der Waals surface area contributed by atoms with Gasteiger partial charge >= 0.3 is 0 Å². The summed E-state index contributed by atoms with van der Waals surface area (Å²) >= 11 is 0. The lowest BCUT2D eigenvalue weighted by Gasteiger charge is -2.35. The molecule has 112 valence electrons. The van der Waals surface area contributed by atoms with Crippen LogP contribution in [-0.2, 0) is 10.0 Å². The largest absolute Gasteiger partial charge is 0.324 e. The zero-order chi connectivity index (χ0) is 14.9. The van der Waals surface area contributed by atoms with Crippen LogP contribution in [0.5, 0.6) is 0 Å². The average Bonchev–Trinajstić information content (AvgIpc) is 2.38. The van der Waals surface area contributed by atoms with Crippen molar-refractivity contribution in [2.45, 2.75) is 50.6 Å². The predicted molar refractivity (Wildman–Crippen MR) is 80.8 cm³/mol. The summed E-state index contributed by atoms with van der Waals surface area (Å²) in [6.45, 7) is 6.67. The van der Waals surface area contributed by atoms with Crippen molar-refractivity contribution in [3.63, 3.8) is 0 Å². The molecule has 0 aromatic heterocycles. The highest BCUT2D eigenvalue weighted by atomic mass is 32.2. The summed E-state index contributed by atoms with van der Waals surface area (Å²) in [6.07, 6.45) is 1.86. The van der Waals surface area contributed by atoms with Crippen molar-refractivity contribution in [1.82, 2.24) is 4.31 Å². The molecule has 3 atom stereocenters. The fourth-order valence-corrected chi connectivity index (χ4v) is 4.48. The Labute approximate surface area is 122 Å². The minimum atomic E-state index is -3.38. The molecule has 3 unspecified atom stereocenters. The van der Waals surface area contributed by atoms with Gasteiger partial charge in [0.05, 0.1) is 4.90 Å². The quantitative estimate of drug-likeness (QED) is 0.932. The summed E-state index contributed by atoms with van der Waals surface area (Å²) in [4.78, 5) is 0.364. The molecule has 1 aromatic rings. The smallest absolute Gasteiger partial charge is 0.243 e. The van der Waals surface area contributed by atoms with Crippen molar-refractivity contribution in [1.29, 1.82) is 0 Å². The first-order valence-corrected chi connectivity index (χ1v) is 8.63. The number of nitrogens with two attached hydrogens (primary N) is 1. The van der Waals surface area contributed by atoms with E-state index in [2.05, 4.69) is 6.92 Å². The summed E-state index contributed by atoms with van der Waals surface area (Å²) in [5.74, 6) is 0.594. The topological polar surface area (TPSA) is 63.4 Å². The lowest BCUT2D eigenvalue weighted by molar-refractivity contribution is 0.220. The first-order valence-electron chi connectivity index (χ1n) is 7.19. The van der Waals surface area contributed by atoms with Gasteiger partial charge < -0.3 is 5.73 Å². The van der Waals surface area contributed by atoms with Crippen molar-refractivity contribution in [2.24, 2.45) is 11.7 Å². The molecule has 1 saturated heterocycles. The molecule has 1 fully saturated rings. The molecule has 2 rings (SSSR count). The van der Waals surface area contributed by atoms with E-state index in [0.717, 1.165) is 18.4 Å². The van der Waals surface area contributed by atoms with Crippen molar-refractivity contribution in [2.75, 3.05) is 6.54 Å². The number of hydrogen-bond acceptors (Lipinski definition) is 3. The van der Waals surface area contributed by atoms with Crippen LogP contribution in [0, 0.1) is 5.92 Å². The molecule has 1 aliphatic heterocycles. The van der Waals surface area contributed by atoms with E-state index < -0.39 is 10.0 Å². The molecule has 2 N–H and O–H groups in total. The van der Waals surface area contributed by atoms with Crippen LogP contribution >= 0.6 is 0 Å². The first kappa shape index (κ1) is 15.5. The average molecular weight is 296 g/mol. The molecule has 1 aromatic carbocycles. The minimum absolute atomic E-state index is 0.0665. The van der Waals surface area contributed by atoms with Crippen LogP contribution in [0.25, 0.3) is 0 Å². The minimum Gasteiger partial charge on any atom is -0.324 e. The number of benzene rings is 1. The fraction of sp³-hybridized carbons (Fsp3) is 0.600. The van der Waals surface area contributed by atoms with E-state index in [1.807, 2.05) is 13.8 Å². The zero-order valence-corrected chi connectivity index (χ0v) is 13.2. The molecule has 0 amide bonds. The standard InChI is InChI=1S/C15H24N2O2S/c1-11-8-9-17(12(2)10-11)20(18,19)15-6-4-14(5-7-15)13(3)16/h4-7,11-13H,8-10,16H2,1-3H3. The van der Waals surface area contributed by atoms with Gasteiger partial charge in [-0.1, -0.05) is 19.1 Å². The molecule has 0 bridgehead atoms. The second kappa shape index (κ2) is 5.84. The molecular weight excluding hydrogens is 272 g/mol. The van der Waals surface area contributed by atoms with E-state index in [1.165, 1.54) is 0 Å². The Hall–Kier alpha value is -0.910. The zero-order valence-electron chi connectivity index (χ0n) is 12.4. The Morgan fingerprint density at radius 1 is 1.25 bits per heavy atom. The number of nitrogens with zero attached hydrogens (tertiary/aromatic N) is 1. The summed E-state index contributed by atoms with van der Waals surface area (Å²) in [5, 5.41) is 0. The maximum Gasteiger partial charge on any atom is 0.243 e. The van der Waals surface area contributed by atoms with Crippen LogP contribution in [-0.4, -0.2) is 25.3 Å². The monoisotopic (exact) mass is 296 g/mol. The van der Waals surface area contributed by atoms with Gasteiger partial charge in [0.2, 0.25) is 10.0 Å². The van der Waals surface area contributed by atoms with Crippen LogP contribution in [0.2, 0.25) is 0 Å². The Bertz CT molecular complexity index is 552. The van der Waals surface area contributed by atoms with Crippen LogP contribution in [0.4, 0.5) is 0 Å². The van der Waals surface area contributed by atoms with E-state index in [1.54, 1.807) is 28.6 Å². The van der Waals surface area contributed by atoms with E-state index >= 15 is 0 Å². The van der Waals surface area contributed by atoms with E-state index in [0.29, 0.717) is 17.4 Å². The van der Waals surface area contributed by atoms with Gasteiger partial charge in [-0.05, 0) is 50.3 Å². The predicted octanol–water partition coefficient (Wildman–Crippen LogP) is 2.52. The Morgan fingerprint density at radius 2 is 1.85 bits per heavy atom. The van der Waals surface area contributed by atoms with Gasteiger partial charge in [0, 0.05) is 18.6 Å². The SMILES string of the molecule is CC1CCN(S(=O)(=O)c2ccc(C(C)N)cc2)C(C)C1. The molecule has 1 heterocycles. The van der Waals surface area contributed by atoms with Gasteiger partial charge in [-0.2, -0.15) is 4.31 Å². The lowest BCUT2D eigenvalue weighted by Crippen LogP contribution is -2.44. The van der Waals surface area contributed by atoms with Crippen LogP contribution in [0.15, 0.2) is 29.2 Å². The number of piperidine rings is 1. The molecule has 0 radical (unpaired) electrons. The van der Waals surface area contributed by atoms with Crippen molar-refractivity contribution in [3.8, 4) is 0 Å². The van der Waals surface area contributed by atoms with E-state index in [4.69, 9.17) is 5.73 Å². The van der Waals surface area contributed by atoms with Gasteiger partial charge in [-0.3, -0.25) is 0 Å². The maximum atomic E-state index is 12.7. The summed E-state index contributed by atoms with van der Waals surface area (Å²) in [5.41, 5.74) is 6.74. The Morgan fingerprint density at radius 3 is 2.35 bits per heavy atom. The second-order valence-corrected chi connectivity index (χ2v) is 7.84. The third-order valence-electron chi connectivity index (χ3n) is 4.09. The summed E-state index contributed by atoms with van der Waals surface area (Å²) in [7, 11) is -3.38. The summed E-state index contributed by atoms with van der Waals surface area (Å²) < 4.78 is 27.0. The Balaban J connectivity index is 2.26. The van der Waals surface area contributed by atoms with Crippen molar-refractivity contribution in [3.05, 3.63) is 29.8 Å². The molecule has 20 heavy (non-hydrogen) atoms. The maximum absolute atomic E-state index is 12.7. The van der Waals surface area contributed by atoms with Gasteiger partial charge in [-0.25, -0.2) is 8.42 Å². The third kappa shape index (κ3) is 3.05. The van der Waals surface area contributed by atoms with Crippen LogP contribution in [0.3, 0.4) is 0 Å². The molecule has 0 aliphatic carbocycles. The first-order chi connectivity index (χ1) is 9.32. The number of rotatable bonds is 3. The normalized spacial score (nSPS) is 26.4. The van der Waals surface area contributed by atoms with Crippen molar-refractivity contribution >= 4 is 10.0 Å². The Kier molecular flexibility index (Phi) is 4.52. The second-order valence-electron chi connectivity index (χ2n) is 5.95. The molecule has 0 spiro atoms. The summed E-state index contributed by atoms with van der Waals surface area (Å²) in [6, 6.07) is 6.92. The molecule has 1 aliphatic rings. The van der Waals surface area contributed by atoms with Gasteiger partial charge in [0.15, 0.2) is 0 Å². The van der Waals surface area contributed by atoms with Crippen LogP contribution in [0.1, 0.15) is 45.2 Å². The van der Waals surface area contributed by atoms with Gasteiger partial charge in [-0.15, -0.1) is 0 Å². The fourth-order valence-electron chi connectivity index (χ4n) is 2.82. The number of sulfonamides is 1. The molecule has 5 heteroatoms. The lowest BCUT2D eigenvalue weighted by atomic mass is 9.95. The molecular formula is C15H24N2O2S. The highest BCUT2D eigenvalue weighted by Gasteiger charge is 2.33. The number of hydrogen-bond donors (Lipinski definition) is 1. The highest BCUT2D eigenvalue weighted by molar-refractivity contribution is 7.89. The van der Waals surface area contributed by atoms with E-state index in [-0.39, 0.29) is 12.1 Å². The molecule has 4 nitrogen and oxygen atoms in total. The third-order valence-corrected chi connectivity index (χ3v) is 6.12. The van der Waals surface area contributed by atoms with Gasteiger partial charge in [0.1, 0.15) is 0 Å². The highest BCUT2D eigenvalue weighted by Crippen LogP contribution is 2.28. The van der Waals surface area contributed by atoms with Gasteiger partial charge in [0.25, 0.3) is 0 Å². The van der Waals surface area contributed by atoms with E-state index in [9.17, 15) is 8.42 Å². The molecule has 0 saturated carbocycles.